The zero-order valence-corrected chi connectivity index (χ0v) is 15.5. The van der Waals surface area contributed by atoms with E-state index in [0.29, 0.717) is 0 Å². The smallest absolute Gasteiger partial charge is 0.152 e. The number of hydrogen-bond donors (Lipinski definition) is 2. The van der Waals surface area contributed by atoms with Crippen LogP contribution in [0.5, 0.6) is 0 Å². The Hall–Kier alpha value is -1.92. The summed E-state index contributed by atoms with van der Waals surface area (Å²) in [5.41, 5.74) is 3.35. The summed E-state index contributed by atoms with van der Waals surface area (Å²) in [6.07, 6.45) is 2.79. The number of nitrogens with zero attached hydrogens (tertiary/aromatic N) is 2. The molecule has 0 aliphatic heterocycles. The molecule has 0 aliphatic carbocycles. The molecule has 0 saturated carbocycles. The third-order valence-corrected chi connectivity index (χ3v) is 4.76. The van der Waals surface area contributed by atoms with E-state index in [1.54, 1.807) is 11.3 Å². The van der Waals surface area contributed by atoms with E-state index in [-0.39, 0.29) is 5.41 Å². The molecule has 3 heterocycles. The molecule has 3 aromatic rings. The van der Waals surface area contributed by atoms with Crippen molar-refractivity contribution in [2.24, 2.45) is 0 Å². The summed E-state index contributed by atoms with van der Waals surface area (Å²) in [6, 6.07) is 3.93. The highest BCUT2D eigenvalue weighted by molar-refractivity contribution is 7.09. The van der Waals surface area contributed by atoms with Gasteiger partial charge in [0.05, 0.1) is 16.9 Å². The molecule has 0 spiro atoms. The van der Waals surface area contributed by atoms with Crippen LogP contribution >= 0.6 is 11.3 Å². The normalized spacial score (nSPS) is 12.0. The van der Waals surface area contributed by atoms with Gasteiger partial charge in [-0.15, -0.1) is 11.3 Å². The van der Waals surface area contributed by atoms with Crippen LogP contribution in [0, 0.1) is 6.92 Å². The number of aromatic nitrogens is 3. The summed E-state index contributed by atoms with van der Waals surface area (Å²) in [6.45, 7) is 10.2. The second-order valence-corrected chi connectivity index (χ2v) is 7.93. The molecule has 5 nitrogen and oxygen atoms in total. The molecule has 0 aliphatic rings. The number of rotatable bonds is 6. The van der Waals surface area contributed by atoms with Crippen LogP contribution in [0.25, 0.3) is 11.5 Å². The Morgan fingerprint density at radius 1 is 1.29 bits per heavy atom. The van der Waals surface area contributed by atoms with Crippen LogP contribution in [0.4, 0.5) is 0 Å². The molecular formula is C18H24N4OS. The van der Waals surface area contributed by atoms with Crippen molar-refractivity contribution in [2.45, 2.75) is 46.1 Å². The van der Waals surface area contributed by atoms with Crippen LogP contribution in [0.15, 0.2) is 28.1 Å². The third kappa shape index (κ3) is 3.94. The number of nitrogens with one attached hydrogen (secondary N) is 2. The van der Waals surface area contributed by atoms with Gasteiger partial charge < -0.3 is 9.73 Å². The Kier molecular flexibility index (Phi) is 4.87. The molecule has 3 aromatic heterocycles. The standard InChI is InChI=1S/C18H24N4OS/c1-12-5-6-14(23-12)17-13(10-20-22-17)9-19-8-7-16-21-15(11-24-16)18(2,3)4/h5-6,10-11,19H,7-9H2,1-4H3,(H,20,22). The van der Waals surface area contributed by atoms with Crippen LogP contribution in [0.3, 0.4) is 0 Å². The largest absolute Gasteiger partial charge is 0.460 e. The van der Waals surface area contributed by atoms with E-state index in [1.807, 2.05) is 25.3 Å². The number of hydrogen-bond acceptors (Lipinski definition) is 5. The predicted molar refractivity (Wildman–Crippen MR) is 97.3 cm³/mol. The summed E-state index contributed by atoms with van der Waals surface area (Å²) in [7, 11) is 0. The van der Waals surface area contributed by atoms with Gasteiger partial charge in [0.15, 0.2) is 5.76 Å². The summed E-state index contributed by atoms with van der Waals surface area (Å²) in [5, 5.41) is 14.0. The van der Waals surface area contributed by atoms with Crippen LogP contribution in [-0.4, -0.2) is 21.7 Å². The zero-order valence-electron chi connectivity index (χ0n) is 14.6. The predicted octanol–water partition coefficient (Wildman–Crippen LogP) is 4.06. The first-order valence-electron chi connectivity index (χ1n) is 8.18. The first kappa shape index (κ1) is 16.9. The monoisotopic (exact) mass is 344 g/mol. The Labute approximate surface area is 146 Å². The van der Waals surface area contributed by atoms with E-state index in [0.717, 1.165) is 42.3 Å². The molecule has 6 heteroatoms. The summed E-state index contributed by atoms with van der Waals surface area (Å²) >= 11 is 1.74. The van der Waals surface area contributed by atoms with Gasteiger partial charge in [-0.1, -0.05) is 20.8 Å². The zero-order chi connectivity index (χ0) is 17.2. The maximum atomic E-state index is 5.67. The first-order chi connectivity index (χ1) is 11.4. The van der Waals surface area contributed by atoms with Gasteiger partial charge in [0.2, 0.25) is 0 Å². The summed E-state index contributed by atoms with van der Waals surface area (Å²) < 4.78 is 5.67. The summed E-state index contributed by atoms with van der Waals surface area (Å²) in [5.74, 6) is 1.73. The highest BCUT2D eigenvalue weighted by atomic mass is 32.1. The molecule has 0 unspecified atom stereocenters. The average Bonchev–Trinajstić information content (AvgIpc) is 3.23. The van der Waals surface area contributed by atoms with Crippen molar-refractivity contribution in [3.8, 4) is 11.5 Å². The molecule has 0 atom stereocenters. The second kappa shape index (κ2) is 6.91. The number of H-pyrrole nitrogens is 1. The maximum Gasteiger partial charge on any atom is 0.152 e. The molecule has 24 heavy (non-hydrogen) atoms. The van der Waals surface area contributed by atoms with E-state index < -0.39 is 0 Å². The number of thiazole rings is 1. The van der Waals surface area contributed by atoms with Crippen molar-refractivity contribution in [1.29, 1.82) is 0 Å². The molecule has 0 aromatic carbocycles. The van der Waals surface area contributed by atoms with Gasteiger partial charge in [0.1, 0.15) is 11.5 Å². The van der Waals surface area contributed by atoms with Gasteiger partial charge in [-0.25, -0.2) is 4.98 Å². The van der Waals surface area contributed by atoms with Gasteiger partial charge in [-0.3, -0.25) is 5.10 Å². The molecule has 0 saturated heterocycles. The van der Waals surface area contributed by atoms with Gasteiger partial charge in [0.25, 0.3) is 0 Å². The topological polar surface area (TPSA) is 66.7 Å². The molecule has 3 rings (SSSR count). The molecular weight excluding hydrogens is 320 g/mol. The number of furan rings is 1. The van der Waals surface area contributed by atoms with Crippen molar-refractivity contribution in [1.82, 2.24) is 20.5 Å². The summed E-state index contributed by atoms with van der Waals surface area (Å²) in [4.78, 5) is 4.73. The van der Waals surface area contributed by atoms with Crippen molar-refractivity contribution in [3.63, 3.8) is 0 Å². The van der Waals surface area contributed by atoms with Crippen molar-refractivity contribution >= 4 is 11.3 Å². The van der Waals surface area contributed by atoms with Crippen LogP contribution in [-0.2, 0) is 18.4 Å². The fourth-order valence-electron chi connectivity index (χ4n) is 2.42. The lowest BCUT2D eigenvalue weighted by Crippen LogP contribution is -2.17. The lowest BCUT2D eigenvalue weighted by molar-refractivity contribution is 0.545. The number of aromatic amines is 1. The van der Waals surface area contributed by atoms with E-state index in [1.165, 1.54) is 10.7 Å². The first-order valence-corrected chi connectivity index (χ1v) is 9.06. The van der Waals surface area contributed by atoms with Crippen molar-refractivity contribution in [3.05, 3.63) is 45.7 Å². The highest BCUT2D eigenvalue weighted by Gasteiger charge is 2.17. The Balaban J connectivity index is 1.53. The fraction of sp³-hybridized carbons (Fsp3) is 0.444. The minimum absolute atomic E-state index is 0.120. The minimum Gasteiger partial charge on any atom is -0.460 e. The molecule has 0 fully saturated rings. The maximum absolute atomic E-state index is 5.67. The van der Waals surface area contributed by atoms with Crippen molar-refractivity contribution < 1.29 is 4.42 Å². The molecule has 2 N–H and O–H groups in total. The lowest BCUT2D eigenvalue weighted by Gasteiger charge is -2.14. The van der Waals surface area contributed by atoms with E-state index in [9.17, 15) is 0 Å². The van der Waals surface area contributed by atoms with Crippen molar-refractivity contribution in [2.75, 3.05) is 6.54 Å². The van der Waals surface area contributed by atoms with E-state index >= 15 is 0 Å². The Morgan fingerprint density at radius 3 is 2.79 bits per heavy atom. The van der Waals surface area contributed by atoms with E-state index in [4.69, 9.17) is 9.40 Å². The molecule has 128 valence electrons. The Morgan fingerprint density at radius 2 is 2.12 bits per heavy atom. The van der Waals surface area contributed by atoms with Crippen LogP contribution in [0.2, 0.25) is 0 Å². The fourth-order valence-corrected chi connectivity index (χ4v) is 3.44. The van der Waals surface area contributed by atoms with Crippen LogP contribution < -0.4 is 5.32 Å². The lowest BCUT2D eigenvalue weighted by atomic mass is 9.93. The number of aryl methyl sites for hydroxylation is 1. The highest BCUT2D eigenvalue weighted by Crippen LogP contribution is 2.24. The van der Waals surface area contributed by atoms with E-state index in [2.05, 4.69) is 41.7 Å². The van der Waals surface area contributed by atoms with Gasteiger partial charge in [-0.2, -0.15) is 5.10 Å². The van der Waals surface area contributed by atoms with Gasteiger partial charge in [-0.05, 0) is 19.1 Å². The third-order valence-electron chi connectivity index (χ3n) is 3.86. The Bertz CT molecular complexity index is 794. The minimum atomic E-state index is 0.120. The quantitative estimate of drug-likeness (QED) is 0.662. The average molecular weight is 344 g/mol. The molecule has 0 radical (unpaired) electrons. The molecule has 0 bridgehead atoms. The van der Waals surface area contributed by atoms with Gasteiger partial charge in [0, 0.05) is 35.9 Å². The van der Waals surface area contributed by atoms with Gasteiger partial charge >= 0.3 is 0 Å². The molecule has 0 amide bonds. The SMILES string of the molecule is Cc1ccc(-c2[nH]ncc2CNCCc2nc(C(C)(C)C)cs2)o1. The van der Waals surface area contributed by atoms with Crippen LogP contribution in [0.1, 0.15) is 42.8 Å². The second-order valence-electron chi connectivity index (χ2n) is 6.98.